The van der Waals surface area contributed by atoms with Crippen LogP contribution in [0, 0.1) is 5.82 Å². The van der Waals surface area contributed by atoms with E-state index in [1.54, 1.807) is 27.9 Å². The summed E-state index contributed by atoms with van der Waals surface area (Å²) in [6, 6.07) is 14.5. The van der Waals surface area contributed by atoms with Gasteiger partial charge in [-0.2, -0.15) is 5.10 Å². The Morgan fingerprint density at radius 1 is 1.00 bits per heavy atom. The molecule has 166 valence electrons. The van der Waals surface area contributed by atoms with Crippen LogP contribution < -0.4 is 10.6 Å². The fourth-order valence-electron chi connectivity index (χ4n) is 3.68. The summed E-state index contributed by atoms with van der Waals surface area (Å²) in [6.45, 7) is 3.92. The van der Waals surface area contributed by atoms with Crippen LogP contribution in [0.1, 0.15) is 6.92 Å². The highest BCUT2D eigenvalue weighted by atomic mass is 19.1. The van der Waals surface area contributed by atoms with Crippen LogP contribution in [0.2, 0.25) is 0 Å². The zero-order valence-corrected chi connectivity index (χ0v) is 17.7. The number of carbonyl (C=O) groups excluding carboxylic acids is 2. The van der Waals surface area contributed by atoms with Crippen LogP contribution in [0.5, 0.6) is 0 Å². The quantitative estimate of drug-likeness (QED) is 0.644. The molecule has 2 heterocycles. The van der Waals surface area contributed by atoms with Crippen LogP contribution in [0.3, 0.4) is 0 Å². The summed E-state index contributed by atoms with van der Waals surface area (Å²) < 4.78 is 15.0. The van der Waals surface area contributed by atoms with Crippen molar-refractivity contribution in [2.75, 3.05) is 36.8 Å². The Kier molecular flexibility index (Phi) is 6.46. The summed E-state index contributed by atoms with van der Waals surface area (Å²) >= 11 is 0. The smallest absolute Gasteiger partial charge is 0.321 e. The maximum absolute atomic E-state index is 13.3. The molecule has 9 heteroatoms. The molecule has 0 bridgehead atoms. The molecular weight excluding hydrogens is 411 g/mol. The van der Waals surface area contributed by atoms with Gasteiger partial charge in [0.15, 0.2) is 0 Å². The van der Waals surface area contributed by atoms with E-state index in [4.69, 9.17) is 0 Å². The van der Waals surface area contributed by atoms with E-state index in [0.29, 0.717) is 37.6 Å². The maximum atomic E-state index is 13.3. The van der Waals surface area contributed by atoms with Crippen molar-refractivity contribution in [2.24, 2.45) is 0 Å². The second-order valence-electron chi connectivity index (χ2n) is 7.60. The number of piperazine rings is 1. The van der Waals surface area contributed by atoms with Crippen LogP contribution in [-0.4, -0.2) is 63.7 Å². The van der Waals surface area contributed by atoms with Gasteiger partial charge in [0.2, 0.25) is 5.91 Å². The van der Waals surface area contributed by atoms with Crippen molar-refractivity contribution < 1.29 is 14.0 Å². The number of nitrogens with zero attached hydrogens (tertiary/aromatic N) is 4. The fourth-order valence-corrected chi connectivity index (χ4v) is 3.68. The lowest BCUT2D eigenvalue weighted by Crippen LogP contribution is -2.54. The molecule has 3 amide bonds. The Bertz CT molecular complexity index is 1080. The van der Waals surface area contributed by atoms with E-state index in [9.17, 15) is 14.0 Å². The van der Waals surface area contributed by atoms with Gasteiger partial charge in [0, 0.05) is 44.3 Å². The molecule has 1 saturated heterocycles. The van der Waals surface area contributed by atoms with Gasteiger partial charge in [-0.3, -0.25) is 9.69 Å². The number of para-hydroxylation sites is 2. The molecule has 2 N–H and O–H groups in total. The first kappa shape index (κ1) is 21.5. The molecule has 0 aliphatic carbocycles. The van der Waals surface area contributed by atoms with E-state index in [2.05, 4.69) is 15.7 Å². The number of benzene rings is 2. The van der Waals surface area contributed by atoms with Gasteiger partial charge >= 0.3 is 6.03 Å². The highest BCUT2D eigenvalue weighted by molar-refractivity contribution is 5.94. The lowest BCUT2D eigenvalue weighted by Gasteiger charge is -2.37. The lowest BCUT2D eigenvalue weighted by atomic mass is 10.2. The molecule has 3 aromatic rings. The number of hydrogen-bond donors (Lipinski definition) is 2. The number of aromatic nitrogens is 2. The van der Waals surface area contributed by atoms with Crippen LogP contribution in [0.25, 0.3) is 5.69 Å². The summed E-state index contributed by atoms with van der Waals surface area (Å²) in [7, 11) is 0. The Hall–Kier alpha value is -3.72. The Morgan fingerprint density at radius 3 is 2.50 bits per heavy atom. The van der Waals surface area contributed by atoms with Gasteiger partial charge in [0.05, 0.1) is 17.4 Å². The number of carbonyl (C=O) groups is 2. The zero-order valence-electron chi connectivity index (χ0n) is 17.7. The summed E-state index contributed by atoms with van der Waals surface area (Å²) in [5.41, 5.74) is 1.88. The largest absolute Gasteiger partial charge is 0.325 e. The molecule has 32 heavy (non-hydrogen) atoms. The molecule has 8 nitrogen and oxygen atoms in total. The van der Waals surface area contributed by atoms with E-state index in [1.165, 1.54) is 12.1 Å². The lowest BCUT2D eigenvalue weighted by molar-refractivity contribution is -0.121. The summed E-state index contributed by atoms with van der Waals surface area (Å²) in [5, 5.41) is 9.94. The van der Waals surface area contributed by atoms with Crippen LogP contribution in [0.15, 0.2) is 67.0 Å². The maximum Gasteiger partial charge on any atom is 0.321 e. The van der Waals surface area contributed by atoms with Gasteiger partial charge in [-0.15, -0.1) is 0 Å². The highest BCUT2D eigenvalue weighted by Crippen LogP contribution is 2.20. The normalized spacial score (nSPS) is 15.2. The van der Waals surface area contributed by atoms with Crippen LogP contribution >= 0.6 is 0 Å². The van der Waals surface area contributed by atoms with E-state index in [-0.39, 0.29) is 11.9 Å². The van der Waals surface area contributed by atoms with Crippen molar-refractivity contribution in [3.05, 3.63) is 72.8 Å². The zero-order chi connectivity index (χ0) is 22.5. The van der Waals surface area contributed by atoms with Gasteiger partial charge in [0.1, 0.15) is 5.82 Å². The Balaban J connectivity index is 1.32. The van der Waals surface area contributed by atoms with Crippen LogP contribution in [0.4, 0.5) is 20.6 Å². The van der Waals surface area contributed by atoms with Crippen molar-refractivity contribution in [3.63, 3.8) is 0 Å². The van der Waals surface area contributed by atoms with Crippen molar-refractivity contribution in [2.45, 2.75) is 13.0 Å². The van der Waals surface area contributed by atoms with E-state index in [0.717, 1.165) is 5.69 Å². The number of amides is 3. The van der Waals surface area contributed by atoms with Gasteiger partial charge in [-0.05, 0) is 43.3 Å². The van der Waals surface area contributed by atoms with Gasteiger partial charge in [0.25, 0.3) is 0 Å². The topological polar surface area (TPSA) is 82.5 Å². The third-order valence-corrected chi connectivity index (χ3v) is 5.52. The first-order valence-electron chi connectivity index (χ1n) is 10.5. The molecule has 0 unspecified atom stereocenters. The number of halogens is 1. The second-order valence-corrected chi connectivity index (χ2v) is 7.60. The molecule has 0 radical (unpaired) electrons. The molecule has 1 fully saturated rings. The summed E-state index contributed by atoms with van der Waals surface area (Å²) in [6.07, 6.45) is 3.50. The molecular formula is C23H25FN6O2. The van der Waals surface area contributed by atoms with Gasteiger partial charge in [-0.25, -0.2) is 13.9 Å². The first-order chi connectivity index (χ1) is 15.5. The minimum atomic E-state index is -0.399. The minimum Gasteiger partial charge on any atom is -0.325 e. The van der Waals surface area contributed by atoms with E-state index in [1.807, 2.05) is 48.4 Å². The number of nitrogens with one attached hydrogen (secondary N) is 2. The molecule has 1 aliphatic heterocycles. The average Bonchev–Trinajstić information content (AvgIpc) is 3.34. The minimum absolute atomic E-state index is 0.193. The highest BCUT2D eigenvalue weighted by Gasteiger charge is 2.28. The van der Waals surface area contributed by atoms with Crippen LogP contribution in [-0.2, 0) is 4.79 Å². The third kappa shape index (κ3) is 4.94. The summed E-state index contributed by atoms with van der Waals surface area (Å²) in [5.74, 6) is -0.606. The van der Waals surface area contributed by atoms with Crippen molar-refractivity contribution in [1.29, 1.82) is 0 Å². The van der Waals surface area contributed by atoms with Gasteiger partial charge in [-0.1, -0.05) is 18.2 Å². The van der Waals surface area contributed by atoms with E-state index >= 15 is 0 Å². The second kappa shape index (κ2) is 9.61. The number of urea groups is 1. The number of rotatable bonds is 5. The predicted molar refractivity (Wildman–Crippen MR) is 120 cm³/mol. The third-order valence-electron chi connectivity index (χ3n) is 5.52. The molecule has 4 rings (SSSR count). The SMILES string of the molecule is C[C@H](C(=O)Nc1cccc(F)c1)N1CCN(C(=O)Nc2ccccc2-n2cccn2)CC1. The van der Waals surface area contributed by atoms with Crippen molar-refractivity contribution >= 4 is 23.3 Å². The molecule has 0 saturated carbocycles. The van der Waals surface area contributed by atoms with Gasteiger partial charge < -0.3 is 15.5 Å². The van der Waals surface area contributed by atoms with E-state index < -0.39 is 11.9 Å². The first-order valence-corrected chi connectivity index (χ1v) is 10.5. The summed E-state index contributed by atoms with van der Waals surface area (Å²) in [4.78, 5) is 29.1. The van der Waals surface area contributed by atoms with Crippen molar-refractivity contribution in [3.8, 4) is 5.69 Å². The molecule has 1 aliphatic rings. The number of hydrogen-bond acceptors (Lipinski definition) is 4. The predicted octanol–water partition coefficient (Wildman–Crippen LogP) is 3.19. The molecule has 1 atom stereocenters. The Morgan fingerprint density at radius 2 is 1.78 bits per heavy atom. The average molecular weight is 436 g/mol. The standard InChI is InChI=1S/C23H25FN6O2/c1-17(22(31)26-19-7-4-6-18(24)16-19)28-12-14-29(15-13-28)23(32)27-20-8-2-3-9-21(20)30-11-5-10-25-30/h2-11,16-17H,12-15H2,1H3,(H,26,31)(H,27,32)/t17-/m1/s1. The number of anilines is 2. The molecule has 0 spiro atoms. The molecule has 2 aromatic carbocycles. The fraction of sp³-hybridized carbons (Fsp3) is 0.261. The monoisotopic (exact) mass is 436 g/mol. The Labute approximate surface area is 185 Å². The molecule has 1 aromatic heterocycles. The van der Waals surface area contributed by atoms with Crippen molar-refractivity contribution in [1.82, 2.24) is 19.6 Å².